The number of guanidine groups is 1. The second-order valence-corrected chi connectivity index (χ2v) is 3.77. The SMILES string of the molecule is Cc1cccnc1CN=C(N)NC(C)C. The molecule has 1 aromatic rings. The predicted molar refractivity (Wildman–Crippen MR) is 62.6 cm³/mol. The molecule has 3 N–H and O–H groups in total. The summed E-state index contributed by atoms with van der Waals surface area (Å²) in [7, 11) is 0. The van der Waals surface area contributed by atoms with Gasteiger partial charge in [0.15, 0.2) is 5.96 Å². The highest BCUT2D eigenvalue weighted by Gasteiger charge is 1.98. The van der Waals surface area contributed by atoms with E-state index in [0.717, 1.165) is 11.3 Å². The van der Waals surface area contributed by atoms with E-state index in [1.54, 1.807) is 6.20 Å². The highest BCUT2D eigenvalue weighted by Crippen LogP contribution is 2.03. The molecule has 82 valence electrons. The van der Waals surface area contributed by atoms with Gasteiger partial charge >= 0.3 is 0 Å². The van der Waals surface area contributed by atoms with Crippen molar-refractivity contribution >= 4 is 5.96 Å². The first-order chi connectivity index (χ1) is 7.09. The molecule has 4 heteroatoms. The predicted octanol–water partition coefficient (Wildman–Crippen LogP) is 1.20. The van der Waals surface area contributed by atoms with E-state index in [-0.39, 0.29) is 0 Å². The van der Waals surface area contributed by atoms with E-state index in [9.17, 15) is 0 Å². The van der Waals surface area contributed by atoms with Gasteiger partial charge in [0.25, 0.3) is 0 Å². The zero-order valence-corrected chi connectivity index (χ0v) is 9.49. The van der Waals surface area contributed by atoms with Gasteiger partial charge in [0.2, 0.25) is 0 Å². The summed E-state index contributed by atoms with van der Waals surface area (Å²) in [6.07, 6.45) is 1.77. The van der Waals surface area contributed by atoms with Crippen LogP contribution in [-0.4, -0.2) is 17.0 Å². The highest BCUT2D eigenvalue weighted by molar-refractivity contribution is 5.78. The van der Waals surface area contributed by atoms with E-state index in [2.05, 4.69) is 15.3 Å². The van der Waals surface area contributed by atoms with Gasteiger partial charge in [-0.1, -0.05) is 6.07 Å². The molecule has 1 rings (SSSR count). The number of hydrogen-bond acceptors (Lipinski definition) is 2. The minimum atomic E-state index is 0.304. The minimum Gasteiger partial charge on any atom is -0.370 e. The summed E-state index contributed by atoms with van der Waals surface area (Å²) in [5.41, 5.74) is 7.79. The summed E-state index contributed by atoms with van der Waals surface area (Å²) >= 11 is 0. The molecule has 0 aromatic carbocycles. The quantitative estimate of drug-likeness (QED) is 0.577. The Bertz CT molecular complexity index is 344. The van der Waals surface area contributed by atoms with Gasteiger partial charge in [0.05, 0.1) is 12.2 Å². The van der Waals surface area contributed by atoms with Gasteiger partial charge < -0.3 is 11.1 Å². The molecule has 4 nitrogen and oxygen atoms in total. The second kappa shape index (κ2) is 5.34. The fraction of sp³-hybridized carbons (Fsp3) is 0.455. The molecule has 0 aliphatic heterocycles. The summed E-state index contributed by atoms with van der Waals surface area (Å²) in [4.78, 5) is 8.46. The Labute approximate surface area is 90.6 Å². The van der Waals surface area contributed by atoms with E-state index in [1.165, 1.54) is 0 Å². The molecule has 0 atom stereocenters. The first-order valence-corrected chi connectivity index (χ1v) is 5.06. The number of aliphatic imine (C=N–C) groups is 1. The van der Waals surface area contributed by atoms with Crippen LogP contribution in [0.25, 0.3) is 0 Å². The van der Waals surface area contributed by atoms with E-state index >= 15 is 0 Å². The van der Waals surface area contributed by atoms with Crippen molar-refractivity contribution in [3.05, 3.63) is 29.6 Å². The lowest BCUT2D eigenvalue weighted by Crippen LogP contribution is -2.36. The van der Waals surface area contributed by atoms with Crippen LogP contribution in [-0.2, 0) is 6.54 Å². The number of hydrogen-bond donors (Lipinski definition) is 2. The molecule has 0 aliphatic carbocycles. The van der Waals surface area contributed by atoms with E-state index in [4.69, 9.17) is 5.73 Å². The minimum absolute atomic E-state index is 0.304. The Kier molecular flexibility index (Phi) is 4.09. The van der Waals surface area contributed by atoms with Crippen LogP contribution < -0.4 is 11.1 Å². The standard InChI is InChI=1S/C11H18N4/c1-8(2)15-11(12)14-7-10-9(3)5-4-6-13-10/h4-6,8H,7H2,1-3H3,(H3,12,14,15). The number of pyridine rings is 1. The van der Waals surface area contributed by atoms with Gasteiger partial charge in [-0.25, -0.2) is 4.99 Å². The number of aryl methyl sites for hydroxylation is 1. The average molecular weight is 206 g/mol. The summed E-state index contributed by atoms with van der Waals surface area (Å²) < 4.78 is 0. The van der Waals surface area contributed by atoms with Gasteiger partial charge in [-0.15, -0.1) is 0 Å². The zero-order valence-electron chi connectivity index (χ0n) is 9.49. The van der Waals surface area contributed by atoms with Gasteiger partial charge in [0, 0.05) is 12.2 Å². The molecule has 0 unspecified atom stereocenters. The maximum atomic E-state index is 5.68. The monoisotopic (exact) mass is 206 g/mol. The molecule has 1 heterocycles. The maximum absolute atomic E-state index is 5.68. The van der Waals surface area contributed by atoms with Crippen molar-refractivity contribution in [2.45, 2.75) is 33.4 Å². The lowest BCUT2D eigenvalue weighted by atomic mass is 10.2. The van der Waals surface area contributed by atoms with Crippen molar-refractivity contribution in [1.82, 2.24) is 10.3 Å². The molecular formula is C11H18N4. The van der Waals surface area contributed by atoms with E-state index in [1.807, 2.05) is 32.9 Å². The van der Waals surface area contributed by atoms with Crippen LogP contribution in [0.4, 0.5) is 0 Å². The first-order valence-electron chi connectivity index (χ1n) is 5.06. The lowest BCUT2D eigenvalue weighted by molar-refractivity contribution is 0.722. The first kappa shape index (κ1) is 11.5. The number of aromatic nitrogens is 1. The largest absolute Gasteiger partial charge is 0.370 e. The zero-order chi connectivity index (χ0) is 11.3. The molecule has 0 saturated carbocycles. The van der Waals surface area contributed by atoms with E-state index < -0.39 is 0 Å². The molecule has 0 amide bonds. The third-order valence-electron chi connectivity index (χ3n) is 1.95. The number of nitrogens with one attached hydrogen (secondary N) is 1. The van der Waals surface area contributed by atoms with Crippen LogP contribution in [0.5, 0.6) is 0 Å². The summed E-state index contributed by atoms with van der Waals surface area (Å²) in [6.45, 7) is 6.59. The fourth-order valence-electron chi connectivity index (χ4n) is 1.19. The van der Waals surface area contributed by atoms with Crippen LogP contribution in [0.3, 0.4) is 0 Å². The Morgan fingerprint density at radius 1 is 1.60 bits per heavy atom. The van der Waals surface area contributed by atoms with Gasteiger partial charge in [-0.2, -0.15) is 0 Å². The Morgan fingerprint density at radius 2 is 2.33 bits per heavy atom. The third kappa shape index (κ3) is 3.97. The summed E-state index contributed by atoms with van der Waals surface area (Å²) in [6, 6.07) is 4.24. The van der Waals surface area contributed by atoms with Gasteiger partial charge in [-0.3, -0.25) is 4.98 Å². The van der Waals surface area contributed by atoms with Crippen LogP contribution in [0.1, 0.15) is 25.1 Å². The second-order valence-electron chi connectivity index (χ2n) is 3.77. The normalized spacial score (nSPS) is 11.9. The molecule has 1 aromatic heterocycles. The lowest BCUT2D eigenvalue weighted by Gasteiger charge is -2.08. The van der Waals surface area contributed by atoms with Crippen molar-refractivity contribution in [1.29, 1.82) is 0 Å². The van der Waals surface area contributed by atoms with Crippen molar-refractivity contribution in [3.8, 4) is 0 Å². The highest BCUT2D eigenvalue weighted by atomic mass is 15.1. The molecule has 0 bridgehead atoms. The van der Waals surface area contributed by atoms with Gasteiger partial charge in [-0.05, 0) is 32.4 Å². The van der Waals surface area contributed by atoms with Gasteiger partial charge in [0.1, 0.15) is 0 Å². The van der Waals surface area contributed by atoms with Crippen molar-refractivity contribution in [3.63, 3.8) is 0 Å². The number of nitrogens with zero attached hydrogens (tertiary/aromatic N) is 2. The number of nitrogens with two attached hydrogens (primary N) is 1. The Balaban J connectivity index is 2.60. The van der Waals surface area contributed by atoms with Crippen molar-refractivity contribution in [2.75, 3.05) is 0 Å². The summed E-state index contributed by atoms with van der Waals surface area (Å²) in [5, 5.41) is 3.03. The van der Waals surface area contributed by atoms with Crippen LogP contribution >= 0.6 is 0 Å². The average Bonchev–Trinajstić information content (AvgIpc) is 2.15. The topological polar surface area (TPSA) is 63.3 Å². The van der Waals surface area contributed by atoms with Crippen LogP contribution in [0.15, 0.2) is 23.3 Å². The molecule has 15 heavy (non-hydrogen) atoms. The number of rotatable bonds is 3. The van der Waals surface area contributed by atoms with Crippen LogP contribution in [0.2, 0.25) is 0 Å². The molecule has 0 fully saturated rings. The maximum Gasteiger partial charge on any atom is 0.189 e. The molecule has 0 spiro atoms. The smallest absolute Gasteiger partial charge is 0.189 e. The molecular weight excluding hydrogens is 188 g/mol. The molecule has 0 aliphatic rings. The molecule has 0 radical (unpaired) electrons. The summed E-state index contributed by atoms with van der Waals surface area (Å²) in [5.74, 6) is 0.468. The Hall–Kier alpha value is -1.58. The van der Waals surface area contributed by atoms with Crippen molar-refractivity contribution < 1.29 is 0 Å². The fourth-order valence-corrected chi connectivity index (χ4v) is 1.19. The van der Waals surface area contributed by atoms with E-state index in [0.29, 0.717) is 18.5 Å². The Morgan fingerprint density at radius 3 is 2.93 bits per heavy atom. The molecule has 0 saturated heterocycles. The van der Waals surface area contributed by atoms with Crippen molar-refractivity contribution in [2.24, 2.45) is 10.7 Å². The third-order valence-corrected chi connectivity index (χ3v) is 1.95. The van der Waals surface area contributed by atoms with Crippen LogP contribution in [0, 0.1) is 6.92 Å².